The molecule has 174 valence electrons. The van der Waals surface area contributed by atoms with E-state index >= 15 is 0 Å². The number of hydrogen-bond donors (Lipinski definition) is 0. The van der Waals surface area contributed by atoms with Gasteiger partial charge in [0.25, 0.3) is 0 Å². The molecule has 0 saturated carbocycles. The number of carbonyl (C=O) groups is 1. The molecule has 0 unspecified atom stereocenters. The summed E-state index contributed by atoms with van der Waals surface area (Å²) in [6.45, 7) is 10.8. The minimum Gasteiger partial charge on any atom is -0.491 e. The summed E-state index contributed by atoms with van der Waals surface area (Å²) in [4.78, 5) is 13.1. The summed E-state index contributed by atoms with van der Waals surface area (Å²) in [7, 11) is 0. The molecule has 0 aliphatic rings. The van der Waals surface area contributed by atoms with Crippen LogP contribution in [0.3, 0.4) is 0 Å². The Morgan fingerprint density at radius 1 is 0.938 bits per heavy atom. The SMILES string of the molecule is CCCCOCCOc1ccc(-c2ccc(SC(C)C)c(/C=C/C(=O)OCCC)c2)cc1. The van der Waals surface area contributed by atoms with E-state index in [1.165, 1.54) is 6.08 Å². The van der Waals surface area contributed by atoms with E-state index in [0.29, 0.717) is 25.1 Å². The standard InChI is InChI=1S/C27H36O4S/c1-5-7-17-29-18-19-30-25-12-8-22(9-13-25)23-10-14-26(32-21(3)4)24(20-23)11-15-27(28)31-16-6-2/h8-15,20-21H,5-7,16-19H2,1-4H3/b15-11+. The monoisotopic (exact) mass is 456 g/mol. The van der Waals surface area contributed by atoms with Crippen molar-refractivity contribution in [2.24, 2.45) is 0 Å². The zero-order chi connectivity index (χ0) is 23.2. The molecule has 0 heterocycles. The smallest absolute Gasteiger partial charge is 0.330 e. The Kier molecular flexibility index (Phi) is 12.0. The Labute approximate surface area is 197 Å². The van der Waals surface area contributed by atoms with E-state index in [2.05, 4.69) is 51.1 Å². The molecular formula is C27H36O4S. The van der Waals surface area contributed by atoms with E-state index in [4.69, 9.17) is 14.2 Å². The first-order valence-corrected chi connectivity index (χ1v) is 12.4. The molecule has 2 rings (SSSR count). The van der Waals surface area contributed by atoms with Gasteiger partial charge in [0.2, 0.25) is 0 Å². The highest BCUT2D eigenvalue weighted by molar-refractivity contribution is 8.00. The summed E-state index contributed by atoms with van der Waals surface area (Å²) < 4.78 is 16.5. The molecule has 0 amide bonds. The average molecular weight is 457 g/mol. The second-order valence-corrected chi connectivity index (χ2v) is 9.38. The molecule has 0 aromatic heterocycles. The molecule has 2 aromatic carbocycles. The first kappa shape index (κ1) is 26.0. The largest absolute Gasteiger partial charge is 0.491 e. The zero-order valence-corrected chi connectivity index (χ0v) is 20.6. The van der Waals surface area contributed by atoms with Crippen LogP contribution in [-0.2, 0) is 14.3 Å². The second kappa shape index (κ2) is 14.8. The molecule has 0 radical (unpaired) electrons. The molecule has 32 heavy (non-hydrogen) atoms. The van der Waals surface area contributed by atoms with Crippen LogP contribution >= 0.6 is 11.8 Å². The minimum absolute atomic E-state index is 0.307. The number of ether oxygens (including phenoxy) is 3. The number of thioether (sulfide) groups is 1. The number of carbonyl (C=O) groups excluding carboxylic acids is 1. The highest BCUT2D eigenvalue weighted by Gasteiger charge is 2.08. The molecule has 0 bridgehead atoms. The van der Waals surface area contributed by atoms with Crippen LogP contribution in [0.5, 0.6) is 5.75 Å². The fourth-order valence-corrected chi connectivity index (χ4v) is 3.86. The highest BCUT2D eigenvalue weighted by Crippen LogP contribution is 2.32. The van der Waals surface area contributed by atoms with Gasteiger partial charge in [-0.25, -0.2) is 4.79 Å². The van der Waals surface area contributed by atoms with E-state index in [-0.39, 0.29) is 5.97 Å². The van der Waals surface area contributed by atoms with Gasteiger partial charge in [-0.3, -0.25) is 0 Å². The summed E-state index contributed by atoms with van der Waals surface area (Å²) in [5.41, 5.74) is 3.20. The Balaban J connectivity index is 2.08. The van der Waals surface area contributed by atoms with Gasteiger partial charge in [0, 0.05) is 22.8 Å². The van der Waals surface area contributed by atoms with Gasteiger partial charge in [-0.15, -0.1) is 11.8 Å². The third-order valence-electron chi connectivity index (χ3n) is 4.55. The fourth-order valence-electron chi connectivity index (χ4n) is 2.94. The van der Waals surface area contributed by atoms with E-state index in [1.807, 2.05) is 25.1 Å². The maximum atomic E-state index is 11.9. The van der Waals surface area contributed by atoms with Crippen LogP contribution in [0.15, 0.2) is 53.4 Å². The molecular weight excluding hydrogens is 420 g/mol. The lowest BCUT2D eigenvalue weighted by atomic mass is 10.0. The Morgan fingerprint density at radius 3 is 2.38 bits per heavy atom. The van der Waals surface area contributed by atoms with Gasteiger partial charge < -0.3 is 14.2 Å². The quantitative estimate of drug-likeness (QED) is 0.132. The van der Waals surface area contributed by atoms with Crippen molar-refractivity contribution in [1.29, 1.82) is 0 Å². The maximum Gasteiger partial charge on any atom is 0.330 e. The lowest BCUT2D eigenvalue weighted by Crippen LogP contribution is -2.07. The first-order chi connectivity index (χ1) is 15.5. The number of hydrogen-bond acceptors (Lipinski definition) is 5. The summed E-state index contributed by atoms with van der Waals surface area (Å²) in [5.74, 6) is 0.525. The molecule has 0 aliphatic carbocycles. The van der Waals surface area contributed by atoms with Crippen LogP contribution < -0.4 is 4.74 Å². The number of unbranched alkanes of at least 4 members (excludes halogenated alkanes) is 1. The average Bonchev–Trinajstić information content (AvgIpc) is 2.79. The summed E-state index contributed by atoms with van der Waals surface area (Å²) in [6, 6.07) is 14.4. The van der Waals surface area contributed by atoms with Crippen molar-refractivity contribution >= 4 is 23.8 Å². The molecule has 0 atom stereocenters. The number of rotatable bonds is 14. The van der Waals surface area contributed by atoms with Gasteiger partial charge in [-0.05, 0) is 59.9 Å². The van der Waals surface area contributed by atoms with Crippen molar-refractivity contribution in [2.75, 3.05) is 26.4 Å². The summed E-state index contributed by atoms with van der Waals surface area (Å²) in [6.07, 6.45) is 6.40. The third kappa shape index (κ3) is 9.49. The van der Waals surface area contributed by atoms with Gasteiger partial charge in [-0.2, -0.15) is 0 Å². The predicted octanol–water partition coefficient (Wildman–Crippen LogP) is 7.02. The Morgan fingerprint density at radius 2 is 1.69 bits per heavy atom. The molecule has 0 aliphatic heterocycles. The Hall–Kier alpha value is -2.24. The van der Waals surface area contributed by atoms with Crippen LogP contribution in [0, 0.1) is 0 Å². The Bertz CT molecular complexity index is 843. The van der Waals surface area contributed by atoms with Gasteiger partial charge >= 0.3 is 5.97 Å². The van der Waals surface area contributed by atoms with Gasteiger partial charge in [-0.1, -0.05) is 52.3 Å². The second-order valence-electron chi connectivity index (χ2n) is 7.76. The van der Waals surface area contributed by atoms with Crippen molar-refractivity contribution in [1.82, 2.24) is 0 Å². The summed E-state index contributed by atoms with van der Waals surface area (Å²) >= 11 is 1.78. The van der Waals surface area contributed by atoms with Gasteiger partial charge in [0.05, 0.1) is 13.2 Å². The van der Waals surface area contributed by atoms with E-state index < -0.39 is 0 Å². The molecule has 2 aromatic rings. The number of benzene rings is 2. The minimum atomic E-state index is -0.307. The normalized spacial score (nSPS) is 11.3. The van der Waals surface area contributed by atoms with Crippen LogP contribution in [0.25, 0.3) is 17.2 Å². The topological polar surface area (TPSA) is 44.8 Å². The molecule has 0 N–H and O–H groups in total. The van der Waals surface area contributed by atoms with Crippen molar-refractivity contribution in [3.63, 3.8) is 0 Å². The van der Waals surface area contributed by atoms with Gasteiger partial charge in [0.15, 0.2) is 0 Å². The lowest BCUT2D eigenvalue weighted by Gasteiger charge is -2.12. The van der Waals surface area contributed by atoms with Crippen molar-refractivity contribution in [3.05, 3.63) is 54.1 Å². The first-order valence-electron chi connectivity index (χ1n) is 11.5. The van der Waals surface area contributed by atoms with E-state index in [1.54, 1.807) is 11.8 Å². The maximum absolute atomic E-state index is 11.9. The molecule has 0 saturated heterocycles. The number of esters is 1. The highest BCUT2D eigenvalue weighted by atomic mass is 32.2. The molecule has 4 nitrogen and oxygen atoms in total. The lowest BCUT2D eigenvalue weighted by molar-refractivity contribution is -0.137. The molecule has 5 heteroatoms. The van der Waals surface area contributed by atoms with Crippen LogP contribution in [0.4, 0.5) is 0 Å². The third-order valence-corrected chi connectivity index (χ3v) is 5.64. The van der Waals surface area contributed by atoms with Crippen LogP contribution in [-0.4, -0.2) is 37.6 Å². The van der Waals surface area contributed by atoms with E-state index in [9.17, 15) is 4.79 Å². The van der Waals surface area contributed by atoms with E-state index in [0.717, 1.165) is 53.2 Å². The fraction of sp³-hybridized carbons (Fsp3) is 0.444. The molecule has 0 spiro atoms. The van der Waals surface area contributed by atoms with Crippen molar-refractivity contribution < 1.29 is 19.0 Å². The van der Waals surface area contributed by atoms with Gasteiger partial charge in [0.1, 0.15) is 12.4 Å². The van der Waals surface area contributed by atoms with Crippen molar-refractivity contribution in [3.8, 4) is 16.9 Å². The van der Waals surface area contributed by atoms with Crippen molar-refractivity contribution in [2.45, 2.75) is 57.1 Å². The van der Waals surface area contributed by atoms with Crippen LogP contribution in [0.2, 0.25) is 0 Å². The zero-order valence-electron chi connectivity index (χ0n) is 19.8. The molecule has 0 fully saturated rings. The summed E-state index contributed by atoms with van der Waals surface area (Å²) in [5, 5.41) is 0.447. The van der Waals surface area contributed by atoms with Crippen LogP contribution in [0.1, 0.15) is 52.5 Å². The predicted molar refractivity (Wildman–Crippen MR) is 134 cm³/mol.